The van der Waals surface area contributed by atoms with E-state index in [9.17, 15) is 0 Å². The molecule has 2 N–H and O–H groups in total. The summed E-state index contributed by atoms with van der Waals surface area (Å²) >= 11 is 0. The van der Waals surface area contributed by atoms with Gasteiger partial charge in [0.15, 0.2) is 5.82 Å². The van der Waals surface area contributed by atoms with Gasteiger partial charge in [0, 0.05) is 18.8 Å². The molecule has 2 aromatic heterocycles. The third-order valence-electron chi connectivity index (χ3n) is 2.33. The maximum atomic E-state index is 5.79. The van der Waals surface area contributed by atoms with E-state index in [1.54, 1.807) is 12.4 Å². The normalized spacial score (nSPS) is 12.6. The highest BCUT2D eigenvalue weighted by atomic mass is 16.5. The average molecular weight is 218 g/mol. The Morgan fingerprint density at radius 2 is 2.38 bits per heavy atom. The van der Waals surface area contributed by atoms with Crippen molar-refractivity contribution in [1.29, 1.82) is 0 Å². The molecule has 16 heavy (non-hydrogen) atoms. The molecule has 0 aliphatic carbocycles. The summed E-state index contributed by atoms with van der Waals surface area (Å²) in [6, 6.07) is 3.69. The van der Waals surface area contributed by atoms with Crippen molar-refractivity contribution in [1.82, 2.24) is 15.1 Å². The Morgan fingerprint density at radius 3 is 3.06 bits per heavy atom. The Hall–Kier alpha value is -1.75. The molecule has 0 aromatic carbocycles. The van der Waals surface area contributed by atoms with E-state index in [2.05, 4.69) is 15.1 Å². The maximum Gasteiger partial charge on any atom is 0.243 e. The molecule has 0 unspecified atom stereocenters. The summed E-state index contributed by atoms with van der Waals surface area (Å²) in [4.78, 5) is 8.27. The van der Waals surface area contributed by atoms with Crippen LogP contribution in [0.4, 0.5) is 0 Å². The molecule has 1 atom stereocenters. The monoisotopic (exact) mass is 218 g/mol. The molecule has 0 aliphatic heterocycles. The minimum absolute atomic E-state index is 0.171. The van der Waals surface area contributed by atoms with Gasteiger partial charge >= 0.3 is 0 Å². The van der Waals surface area contributed by atoms with Gasteiger partial charge in [-0.1, -0.05) is 18.1 Å². The first-order valence-electron chi connectivity index (χ1n) is 5.26. The molecular formula is C11H14N4O. The van der Waals surface area contributed by atoms with Crippen LogP contribution in [0.3, 0.4) is 0 Å². The minimum atomic E-state index is -0.171. The predicted molar refractivity (Wildman–Crippen MR) is 58.6 cm³/mol. The fraction of sp³-hybridized carbons (Fsp3) is 0.364. The van der Waals surface area contributed by atoms with Gasteiger partial charge in [0.25, 0.3) is 0 Å². The molecule has 5 nitrogen and oxygen atoms in total. The molecule has 0 spiro atoms. The van der Waals surface area contributed by atoms with E-state index in [1.807, 2.05) is 19.1 Å². The zero-order chi connectivity index (χ0) is 11.4. The van der Waals surface area contributed by atoms with Crippen LogP contribution in [0, 0.1) is 0 Å². The standard InChI is InChI=1S/C11H14N4O/c1-2-9(12)11-14-10(15-16-11)6-8-4-3-5-13-7-8/h3-5,7,9H,2,6,12H2,1H3/t9-/m0/s1. The van der Waals surface area contributed by atoms with Crippen LogP contribution in [-0.4, -0.2) is 15.1 Å². The topological polar surface area (TPSA) is 77.8 Å². The lowest BCUT2D eigenvalue weighted by Gasteiger charge is -1.99. The highest BCUT2D eigenvalue weighted by Gasteiger charge is 2.12. The van der Waals surface area contributed by atoms with E-state index in [-0.39, 0.29) is 6.04 Å². The highest BCUT2D eigenvalue weighted by molar-refractivity contribution is 5.13. The van der Waals surface area contributed by atoms with Gasteiger partial charge in [-0.2, -0.15) is 4.98 Å². The highest BCUT2D eigenvalue weighted by Crippen LogP contribution is 2.12. The summed E-state index contributed by atoms with van der Waals surface area (Å²) in [6.07, 6.45) is 4.93. The third-order valence-corrected chi connectivity index (χ3v) is 2.33. The van der Waals surface area contributed by atoms with Gasteiger partial charge in [0.1, 0.15) is 0 Å². The lowest BCUT2D eigenvalue weighted by molar-refractivity contribution is 0.348. The van der Waals surface area contributed by atoms with Crippen LogP contribution >= 0.6 is 0 Å². The molecule has 0 bridgehead atoms. The Morgan fingerprint density at radius 1 is 1.50 bits per heavy atom. The number of nitrogens with zero attached hydrogens (tertiary/aromatic N) is 3. The quantitative estimate of drug-likeness (QED) is 0.840. The fourth-order valence-electron chi connectivity index (χ4n) is 1.35. The van der Waals surface area contributed by atoms with Gasteiger partial charge in [-0.25, -0.2) is 0 Å². The van der Waals surface area contributed by atoms with Crippen molar-refractivity contribution >= 4 is 0 Å². The first-order valence-corrected chi connectivity index (χ1v) is 5.26. The second-order valence-corrected chi connectivity index (χ2v) is 3.60. The summed E-state index contributed by atoms with van der Waals surface area (Å²) in [6.45, 7) is 1.98. The maximum absolute atomic E-state index is 5.79. The minimum Gasteiger partial charge on any atom is -0.338 e. The number of aromatic nitrogens is 3. The van der Waals surface area contributed by atoms with Crippen molar-refractivity contribution in [2.45, 2.75) is 25.8 Å². The molecule has 0 saturated heterocycles. The molecule has 0 aliphatic rings. The molecule has 0 radical (unpaired) electrons. The first kappa shape index (κ1) is 10.8. The van der Waals surface area contributed by atoms with Gasteiger partial charge in [-0.05, 0) is 18.1 Å². The SMILES string of the molecule is CC[C@H](N)c1nc(Cc2cccnc2)no1. The van der Waals surface area contributed by atoms with Gasteiger partial charge in [0.05, 0.1) is 6.04 Å². The second-order valence-electron chi connectivity index (χ2n) is 3.60. The van der Waals surface area contributed by atoms with Crippen LogP contribution in [0.15, 0.2) is 29.0 Å². The molecule has 0 amide bonds. The van der Waals surface area contributed by atoms with Crippen LogP contribution in [-0.2, 0) is 6.42 Å². The Kier molecular flexibility index (Phi) is 3.26. The first-order chi connectivity index (χ1) is 7.79. The predicted octanol–water partition coefficient (Wildman–Crippen LogP) is 1.47. The molecule has 2 aromatic rings. The fourth-order valence-corrected chi connectivity index (χ4v) is 1.35. The Balaban J connectivity index is 2.09. The van der Waals surface area contributed by atoms with Gasteiger partial charge in [-0.15, -0.1) is 0 Å². The molecule has 0 fully saturated rings. The van der Waals surface area contributed by atoms with Gasteiger partial charge < -0.3 is 10.3 Å². The van der Waals surface area contributed by atoms with Crippen molar-refractivity contribution in [3.63, 3.8) is 0 Å². The largest absolute Gasteiger partial charge is 0.338 e. The molecule has 84 valence electrons. The van der Waals surface area contributed by atoms with Crippen LogP contribution in [0.2, 0.25) is 0 Å². The summed E-state index contributed by atoms with van der Waals surface area (Å²) in [5.74, 6) is 1.15. The number of pyridine rings is 1. The van der Waals surface area contributed by atoms with Crippen LogP contribution in [0.25, 0.3) is 0 Å². The van der Waals surface area contributed by atoms with E-state index in [1.165, 1.54) is 0 Å². The number of hydrogen-bond acceptors (Lipinski definition) is 5. The van der Waals surface area contributed by atoms with Gasteiger partial charge in [-0.3, -0.25) is 4.98 Å². The van der Waals surface area contributed by atoms with E-state index in [0.717, 1.165) is 12.0 Å². The third kappa shape index (κ3) is 2.43. The Bertz CT molecular complexity index is 440. The second kappa shape index (κ2) is 4.85. The summed E-state index contributed by atoms with van der Waals surface area (Å²) < 4.78 is 5.08. The summed E-state index contributed by atoms with van der Waals surface area (Å²) in [7, 11) is 0. The van der Waals surface area contributed by atoms with Crippen molar-refractivity contribution in [2.75, 3.05) is 0 Å². The molecule has 5 heteroatoms. The lowest BCUT2D eigenvalue weighted by Crippen LogP contribution is -2.08. The molecule has 0 saturated carbocycles. The average Bonchev–Trinajstić information content (AvgIpc) is 2.78. The molecule has 2 heterocycles. The number of rotatable bonds is 4. The van der Waals surface area contributed by atoms with Crippen molar-refractivity contribution in [2.24, 2.45) is 5.73 Å². The number of hydrogen-bond donors (Lipinski definition) is 1. The zero-order valence-electron chi connectivity index (χ0n) is 9.13. The van der Waals surface area contributed by atoms with Crippen molar-refractivity contribution in [3.8, 4) is 0 Å². The molecule has 2 rings (SSSR count). The van der Waals surface area contributed by atoms with Gasteiger partial charge in [0.2, 0.25) is 5.89 Å². The Labute approximate surface area is 93.7 Å². The van der Waals surface area contributed by atoms with Crippen LogP contribution in [0.5, 0.6) is 0 Å². The van der Waals surface area contributed by atoms with E-state index in [0.29, 0.717) is 18.1 Å². The van der Waals surface area contributed by atoms with E-state index >= 15 is 0 Å². The summed E-state index contributed by atoms with van der Waals surface area (Å²) in [5, 5.41) is 3.89. The lowest BCUT2D eigenvalue weighted by atomic mass is 10.2. The number of nitrogens with two attached hydrogens (primary N) is 1. The van der Waals surface area contributed by atoms with E-state index in [4.69, 9.17) is 10.3 Å². The smallest absolute Gasteiger partial charge is 0.243 e. The van der Waals surface area contributed by atoms with Crippen LogP contribution in [0.1, 0.15) is 36.7 Å². The van der Waals surface area contributed by atoms with Crippen molar-refractivity contribution in [3.05, 3.63) is 41.8 Å². The zero-order valence-corrected chi connectivity index (χ0v) is 9.13. The van der Waals surface area contributed by atoms with Crippen LogP contribution < -0.4 is 5.73 Å². The van der Waals surface area contributed by atoms with E-state index < -0.39 is 0 Å². The molecular weight excluding hydrogens is 204 g/mol. The van der Waals surface area contributed by atoms with Crippen molar-refractivity contribution < 1.29 is 4.52 Å². The summed E-state index contributed by atoms with van der Waals surface area (Å²) in [5.41, 5.74) is 6.85.